The van der Waals surface area contributed by atoms with Gasteiger partial charge in [-0.2, -0.15) is 5.10 Å². The summed E-state index contributed by atoms with van der Waals surface area (Å²) in [5.74, 6) is -0.0337. The van der Waals surface area contributed by atoms with E-state index in [-0.39, 0.29) is 23.5 Å². The molecule has 10 heteroatoms. The lowest BCUT2D eigenvalue weighted by Crippen LogP contribution is -2.22. The van der Waals surface area contributed by atoms with Gasteiger partial charge < -0.3 is 16.4 Å². The number of carbonyl (C=O) groups is 2. The number of hydrogen-bond donors (Lipinski definition) is 4. The molecule has 1 aliphatic rings. The van der Waals surface area contributed by atoms with E-state index in [1.165, 1.54) is 23.1 Å². The highest BCUT2D eigenvalue weighted by Gasteiger charge is 2.19. The molecule has 0 bridgehead atoms. The van der Waals surface area contributed by atoms with E-state index in [4.69, 9.17) is 5.73 Å². The highest BCUT2D eigenvalue weighted by molar-refractivity contribution is 8.02. The topological polar surface area (TPSA) is 126 Å². The van der Waals surface area contributed by atoms with Crippen LogP contribution in [0.5, 0.6) is 0 Å². The molecule has 5 N–H and O–H groups in total. The van der Waals surface area contributed by atoms with Crippen LogP contribution in [0.1, 0.15) is 24.7 Å². The van der Waals surface area contributed by atoms with E-state index < -0.39 is 0 Å². The number of rotatable bonds is 6. The Balaban J connectivity index is 1.58. The Morgan fingerprint density at radius 1 is 1.54 bits per heavy atom. The van der Waals surface area contributed by atoms with E-state index in [0.717, 1.165) is 35.1 Å². The fraction of sp³-hybridized carbons (Fsp3) is 0.429. The van der Waals surface area contributed by atoms with Crippen LogP contribution < -0.4 is 16.4 Å². The average Bonchev–Trinajstić information content (AvgIpc) is 3.15. The molecular weight excluding hydrogens is 348 g/mol. The number of nitrogens with zero attached hydrogens (tertiary/aromatic N) is 2. The van der Waals surface area contributed by atoms with Crippen LogP contribution in [0.3, 0.4) is 0 Å². The summed E-state index contributed by atoms with van der Waals surface area (Å²) in [6, 6.07) is 0. The predicted octanol–water partition coefficient (Wildman–Crippen LogP) is 1.37. The van der Waals surface area contributed by atoms with Crippen LogP contribution in [0.4, 0.5) is 11.5 Å². The van der Waals surface area contributed by atoms with Crippen LogP contribution in [-0.4, -0.2) is 38.8 Å². The fourth-order valence-electron chi connectivity index (χ4n) is 2.29. The number of fused-ring (bicyclic) bond motifs is 1. The third-order valence-corrected chi connectivity index (χ3v) is 5.69. The number of hydrogen-bond acceptors (Lipinski definition) is 7. The highest BCUT2D eigenvalue weighted by atomic mass is 32.2. The van der Waals surface area contributed by atoms with Crippen molar-refractivity contribution in [1.29, 1.82) is 0 Å². The monoisotopic (exact) mass is 366 g/mol. The first kappa shape index (κ1) is 16.8. The SMILES string of the molecule is CC(Sc1nc(CC(=O)Nc2n[nH]c3c2NCCC3)cs1)C(N)=O. The summed E-state index contributed by atoms with van der Waals surface area (Å²) in [7, 11) is 0. The summed E-state index contributed by atoms with van der Waals surface area (Å²) in [6.07, 6.45) is 2.13. The average molecular weight is 366 g/mol. The molecule has 128 valence electrons. The summed E-state index contributed by atoms with van der Waals surface area (Å²) in [4.78, 5) is 27.6. The van der Waals surface area contributed by atoms with Crippen molar-refractivity contribution < 1.29 is 9.59 Å². The van der Waals surface area contributed by atoms with Crippen molar-refractivity contribution in [2.24, 2.45) is 5.73 Å². The standard InChI is InChI=1S/C14H18N6O2S2/c1-7(12(15)22)24-14-17-8(6-23-14)5-10(21)18-13-11-9(19-20-13)3-2-4-16-11/h6-7,16H,2-5H2,1H3,(H2,15,22)(H2,18,19,20,21). The summed E-state index contributed by atoms with van der Waals surface area (Å²) in [5, 5.41) is 14.6. The third-order valence-electron chi connectivity index (χ3n) is 3.56. The molecule has 1 aliphatic heterocycles. The Bertz CT molecular complexity index is 756. The van der Waals surface area contributed by atoms with E-state index in [1.54, 1.807) is 6.92 Å². The second kappa shape index (κ2) is 7.22. The van der Waals surface area contributed by atoms with Gasteiger partial charge in [-0.05, 0) is 19.8 Å². The Labute approximate surface area is 147 Å². The summed E-state index contributed by atoms with van der Waals surface area (Å²) in [5.41, 5.74) is 7.79. The number of aryl methyl sites for hydroxylation is 1. The Morgan fingerprint density at radius 3 is 3.17 bits per heavy atom. The molecule has 1 unspecified atom stereocenters. The zero-order valence-electron chi connectivity index (χ0n) is 13.1. The first-order valence-corrected chi connectivity index (χ1v) is 9.30. The van der Waals surface area contributed by atoms with Gasteiger partial charge in [0.15, 0.2) is 10.2 Å². The lowest BCUT2D eigenvalue weighted by Gasteiger charge is -2.14. The van der Waals surface area contributed by atoms with Crippen molar-refractivity contribution in [1.82, 2.24) is 15.2 Å². The Hall–Kier alpha value is -2.07. The minimum Gasteiger partial charge on any atom is -0.381 e. The van der Waals surface area contributed by atoms with Crippen molar-refractivity contribution in [3.05, 3.63) is 16.8 Å². The molecule has 2 aromatic rings. The maximum absolute atomic E-state index is 12.2. The number of H-pyrrole nitrogens is 1. The molecule has 3 rings (SSSR count). The number of aromatic nitrogens is 3. The second-order valence-electron chi connectivity index (χ2n) is 5.45. The van der Waals surface area contributed by atoms with Gasteiger partial charge in [-0.25, -0.2) is 4.98 Å². The molecular formula is C14H18N6O2S2. The molecule has 0 radical (unpaired) electrons. The van der Waals surface area contributed by atoms with E-state index in [1.807, 2.05) is 5.38 Å². The molecule has 3 heterocycles. The Kier molecular flexibility index (Phi) is 5.05. The van der Waals surface area contributed by atoms with Gasteiger partial charge in [-0.15, -0.1) is 11.3 Å². The molecule has 0 aromatic carbocycles. The molecule has 0 saturated carbocycles. The van der Waals surface area contributed by atoms with E-state index in [0.29, 0.717) is 11.5 Å². The molecule has 1 atom stereocenters. The van der Waals surface area contributed by atoms with Gasteiger partial charge in [-0.1, -0.05) is 11.8 Å². The molecule has 0 aliphatic carbocycles. The van der Waals surface area contributed by atoms with Gasteiger partial charge in [-0.3, -0.25) is 14.7 Å². The van der Waals surface area contributed by atoms with Gasteiger partial charge in [0.1, 0.15) is 5.69 Å². The van der Waals surface area contributed by atoms with Crippen LogP contribution in [0.25, 0.3) is 0 Å². The minimum absolute atomic E-state index is 0.156. The normalized spacial score (nSPS) is 14.5. The van der Waals surface area contributed by atoms with E-state index in [2.05, 4.69) is 25.8 Å². The largest absolute Gasteiger partial charge is 0.381 e. The molecule has 2 aromatic heterocycles. The highest BCUT2D eigenvalue weighted by Crippen LogP contribution is 2.28. The minimum atomic E-state index is -0.384. The molecule has 8 nitrogen and oxygen atoms in total. The summed E-state index contributed by atoms with van der Waals surface area (Å²) < 4.78 is 0.725. The number of carbonyl (C=O) groups excluding carboxylic acids is 2. The summed E-state index contributed by atoms with van der Waals surface area (Å²) >= 11 is 2.70. The van der Waals surface area contributed by atoms with Crippen molar-refractivity contribution >= 4 is 46.4 Å². The number of thiazole rings is 1. The third kappa shape index (κ3) is 3.88. The maximum Gasteiger partial charge on any atom is 0.231 e. The first-order chi connectivity index (χ1) is 11.5. The lowest BCUT2D eigenvalue weighted by molar-refractivity contribution is -0.117. The van der Waals surface area contributed by atoms with Crippen LogP contribution in [0, 0.1) is 0 Å². The first-order valence-electron chi connectivity index (χ1n) is 7.54. The molecule has 2 amide bonds. The van der Waals surface area contributed by atoms with Gasteiger partial charge in [0.05, 0.1) is 23.1 Å². The zero-order valence-corrected chi connectivity index (χ0v) is 14.7. The number of primary amides is 1. The number of thioether (sulfide) groups is 1. The maximum atomic E-state index is 12.2. The van der Waals surface area contributed by atoms with Crippen LogP contribution in [0.15, 0.2) is 9.72 Å². The number of nitrogens with two attached hydrogens (primary N) is 1. The van der Waals surface area contributed by atoms with Crippen molar-refractivity contribution in [2.75, 3.05) is 17.2 Å². The second-order valence-corrected chi connectivity index (χ2v) is 7.89. The zero-order chi connectivity index (χ0) is 17.1. The van der Waals surface area contributed by atoms with Gasteiger partial charge in [0.25, 0.3) is 0 Å². The quantitative estimate of drug-likeness (QED) is 0.572. The van der Waals surface area contributed by atoms with Crippen LogP contribution in [-0.2, 0) is 22.4 Å². The number of anilines is 2. The Morgan fingerprint density at radius 2 is 2.38 bits per heavy atom. The lowest BCUT2D eigenvalue weighted by atomic mass is 10.1. The number of amides is 2. The predicted molar refractivity (Wildman–Crippen MR) is 94.4 cm³/mol. The van der Waals surface area contributed by atoms with Gasteiger partial charge >= 0.3 is 0 Å². The van der Waals surface area contributed by atoms with Crippen LogP contribution in [0.2, 0.25) is 0 Å². The van der Waals surface area contributed by atoms with Gasteiger partial charge in [0, 0.05) is 11.9 Å². The van der Waals surface area contributed by atoms with Gasteiger partial charge in [0.2, 0.25) is 11.8 Å². The molecule has 0 fully saturated rings. The van der Waals surface area contributed by atoms with Crippen molar-refractivity contribution in [3.63, 3.8) is 0 Å². The van der Waals surface area contributed by atoms with Crippen molar-refractivity contribution in [2.45, 2.75) is 35.8 Å². The summed E-state index contributed by atoms with van der Waals surface area (Å²) in [6.45, 7) is 2.61. The number of aromatic amines is 1. The number of nitrogens with one attached hydrogen (secondary N) is 3. The van der Waals surface area contributed by atoms with Crippen LogP contribution >= 0.6 is 23.1 Å². The fourth-order valence-corrected chi connectivity index (χ4v) is 4.22. The van der Waals surface area contributed by atoms with E-state index >= 15 is 0 Å². The molecule has 24 heavy (non-hydrogen) atoms. The van der Waals surface area contributed by atoms with Crippen molar-refractivity contribution in [3.8, 4) is 0 Å². The smallest absolute Gasteiger partial charge is 0.231 e. The molecule has 0 spiro atoms. The van der Waals surface area contributed by atoms with E-state index in [9.17, 15) is 9.59 Å². The molecule has 0 saturated heterocycles.